The van der Waals surface area contributed by atoms with Crippen molar-refractivity contribution < 1.29 is 73.2 Å². The Labute approximate surface area is 473 Å². The Hall–Kier alpha value is -7.62. The maximum Gasteiger partial charge on any atom is 0.325 e. The van der Waals surface area contributed by atoms with Gasteiger partial charge in [0.15, 0.2) is 0 Å². The zero-order chi connectivity index (χ0) is 60.7. The number of carboxylic acids is 2. The van der Waals surface area contributed by atoms with E-state index in [-0.39, 0.29) is 37.4 Å². The van der Waals surface area contributed by atoms with E-state index in [1.807, 2.05) is 0 Å². The number of rotatable bonds is 34. The molecule has 1 heterocycles. The van der Waals surface area contributed by atoms with Crippen LogP contribution >= 0.6 is 11.8 Å². The molecule has 0 saturated carbocycles. The van der Waals surface area contributed by atoms with Crippen LogP contribution in [0, 0.1) is 11.8 Å². The number of hydrogen-bond acceptors (Lipinski definition) is 15. The number of nitrogens with two attached hydrogens (primary N) is 1. The van der Waals surface area contributed by atoms with Crippen molar-refractivity contribution in [1.29, 1.82) is 0 Å². The third-order valence-corrected chi connectivity index (χ3v) is 13.5. The Morgan fingerprint density at radius 2 is 1.09 bits per heavy atom. The van der Waals surface area contributed by atoms with E-state index >= 15 is 0 Å². The average molecular weight is 1150 g/mol. The van der Waals surface area contributed by atoms with Crippen LogP contribution in [0.1, 0.15) is 85.3 Å². The first-order valence-electron chi connectivity index (χ1n) is 26.5. The number of carboxylic acid groups (broad SMARTS) is 2. The molecule has 0 unspecified atom stereocenters. The summed E-state index contributed by atoms with van der Waals surface area (Å²) < 4.78 is 0. The van der Waals surface area contributed by atoms with E-state index in [4.69, 9.17) is 10.8 Å². The van der Waals surface area contributed by atoms with Crippen LogP contribution < -0.4 is 53.6 Å². The molecule has 11 atom stereocenters. The van der Waals surface area contributed by atoms with Crippen LogP contribution in [0.5, 0.6) is 0 Å². The van der Waals surface area contributed by atoms with E-state index in [0.717, 1.165) is 0 Å². The summed E-state index contributed by atoms with van der Waals surface area (Å²) in [6.45, 7) is 9.80. The molecule has 81 heavy (non-hydrogen) atoms. The van der Waals surface area contributed by atoms with Crippen molar-refractivity contribution in [3.05, 3.63) is 71.9 Å². The Morgan fingerprint density at radius 3 is 1.65 bits per heavy atom. The Balaban J connectivity index is 1.91. The quantitative estimate of drug-likeness (QED) is 0.0322. The number of carbonyl (C=O) groups excluding carboxylic acids is 9. The number of carbonyl (C=O) groups is 11. The average Bonchev–Trinajstić information content (AvgIpc) is 3.82. The van der Waals surface area contributed by atoms with Gasteiger partial charge in [-0.25, -0.2) is 0 Å². The fourth-order valence-corrected chi connectivity index (χ4v) is 8.65. The van der Waals surface area contributed by atoms with Crippen molar-refractivity contribution in [3.63, 3.8) is 0 Å². The van der Waals surface area contributed by atoms with Gasteiger partial charge in [0.25, 0.3) is 0 Å². The Morgan fingerprint density at radius 1 is 0.568 bits per heavy atom. The molecule has 26 nitrogen and oxygen atoms in total. The molecular formula is C54H79N11O15S. The largest absolute Gasteiger partial charge is 0.481 e. The maximum absolute atomic E-state index is 14.5. The second kappa shape index (κ2) is 33.2. The van der Waals surface area contributed by atoms with E-state index in [1.54, 1.807) is 94.7 Å². The lowest BCUT2D eigenvalue weighted by atomic mass is 9.99. The van der Waals surface area contributed by atoms with Crippen LogP contribution in [0.2, 0.25) is 0 Å². The topological polar surface area (TPSA) is 419 Å². The van der Waals surface area contributed by atoms with Crippen LogP contribution in [0.15, 0.2) is 60.8 Å². The molecule has 446 valence electrons. The van der Waals surface area contributed by atoms with Gasteiger partial charge in [-0.15, -0.1) is 0 Å². The third-order valence-electron chi connectivity index (χ3n) is 12.8. The molecule has 16 N–H and O–H groups in total. The monoisotopic (exact) mass is 1150 g/mol. The Kier molecular flexibility index (Phi) is 27.7. The van der Waals surface area contributed by atoms with E-state index in [0.29, 0.717) is 22.0 Å². The molecule has 0 aliphatic carbocycles. The highest BCUT2D eigenvalue weighted by molar-refractivity contribution is 7.98. The highest BCUT2D eigenvalue weighted by atomic mass is 32.2. The fourth-order valence-electron chi connectivity index (χ4n) is 8.18. The number of thioether (sulfide) groups is 1. The lowest BCUT2D eigenvalue weighted by Crippen LogP contribution is -2.62. The number of aliphatic hydroxyl groups is 2. The number of para-hydroxylation sites is 1. The summed E-state index contributed by atoms with van der Waals surface area (Å²) in [7, 11) is 0. The maximum atomic E-state index is 14.5. The zero-order valence-electron chi connectivity index (χ0n) is 46.7. The van der Waals surface area contributed by atoms with Gasteiger partial charge in [0.2, 0.25) is 53.2 Å². The van der Waals surface area contributed by atoms with Gasteiger partial charge in [0, 0.05) is 36.4 Å². The second-order valence-corrected chi connectivity index (χ2v) is 21.5. The first-order valence-corrected chi connectivity index (χ1v) is 27.9. The van der Waals surface area contributed by atoms with Crippen LogP contribution in [-0.4, -0.2) is 176 Å². The molecule has 27 heteroatoms. The van der Waals surface area contributed by atoms with Crippen molar-refractivity contribution in [3.8, 4) is 0 Å². The van der Waals surface area contributed by atoms with E-state index in [1.165, 1.54) is 32.5 Å². The molecule has 1 aromatic heterocycles. The number of hydrogen-bond donors (Lipinski definition) is 15. The smallest absolute Gasteiger partial charge is 0.325 e. The first-order chi connectivity index (χ1) is 38.1. The predicted octanol–water partition coefficient (Wildman–Crippen LogP) is -1.54. The van der Waals surface area contributed by atoms with Gasteiger partial charge >= 0.3 is 11.9 Å². The minimum absolute atomic E-state index is 0.0353. The van der Waals surface area contributed by atoms with E-state index in [9.17, 15) is 68.1 Å². The normalized spacial score (nSPS) is 15.4. The molecule has 2 aromatic carbocycles. The second-order valence-electron chi connectivity index (χ2n) is 20.5. The summed E-state index contributed by atoms with van der Waals surface area (Å²) in [4.78, 5) is 150. The summed E-state index contributed by atoms with van der Waals surface area (Å²) in [5.41, 5.74) is 7.68. The standard InChI is InChI=1S/C54H79N11O15S/c1-27(2)22-38(49(74)60-37(20-21-81-8)48(73)65-45(31(7)67)53(78)62-39(23-32-14-10-9-11-15-32)46(71)57-26-41(68)58-29(5)54(79)80)61-47(72)36(18-19-42(69)70)59-50(75)40(24-33-25-56-35-17-13-12-16-34(33)35)63-52(77)44(28(3)4)64-51(76)43(55)30(6)66/h9-17,25,27-31,36-40,43-45,56,66-67H,18-24,26,55H2,1-8H3,(H,57,71)(H,58,68)(H,59,75)(H,60,74)(H,61,72)(H,62,78)(H,63,77)(H,64,76)(H,65,73)(H,69,70)(H,79,80)/t29-,30+,31+,36-,37-,38-,39-,40-,43-,44-,45-/m0/s1. The highest BCUT2D eigenvalue weighted by Crippen LogP contribution is 2.20. The SMILES string of the molecule is CSCC[C@H](NC(=O)[C@H](CC(C)C)NC(=O)[C@H](CCC(=O)O)NC(=O)[C@H](Cc1c[nH]c2ccccc12)NC(=O)[C@@H](NC(=O)[C@@H](N)[C@@H](C)O)C(C)C)C(=O)N[C@H](C(=O)N[C@@H](Cc1ccccc1)C(=O)NCC(=O)N[C@@H](C)C(=O)O)[C@@H](C)O. The van der Waals surface area contributed by atoms with Crippen LogP contribution in [0.3, 0.4) is 0 Å². The molecule has 3 rings (SSSR count). The summed E-state index contributed by atoms with van der Waals surface area (Å²) in [5, 5.41) is 62.9. The van der Waals surface area contributed by atoms with Gasteiger partial charge in [-0.1, -0.05) is 76.2 Å². The lowest BCUT2D eigenvalue weighted by Gasteiger charge is -2.29. The van der Waals surface area contributed by atoms with Crippen molar-refractivity contribution in [1.82, 2.24) is 52.8 Å². The molecular weight excluding hydrogens is 1070 g/mol. The molecule has 3 aromatic rings. The zero-order valence-corrected chi connectivity index (χ0v) is 47.5. The minimum atomic E-state index is -1.73. The molecule has 0 radical (unpaired) electrons. The number of aliphatic carboxylic acids is 2. The van der Waals surface area contributed by atoms with Gasteiger partial charge in [0.1, 0.15) is 54.4 Å². The predicted molar refractivity (Wildman–Crippen MR) is 299 cm³/mol. The number of H-pyrrole nitrogens is 1. The van der Waals surface area contributed by atoms with Crippen LogP contribution in [0.4, 0.5) is 0 Å². The summed E-state index contributed by atoms with van der Waals surface area (Å²) in [6.07, 6.45) is -0.988. The van der Waals surface area contributed by atoms with Crippen molar-refractivity contribution in [2.75, 3.05) is 18.6 Å². The van der Waals surface area contributed by atoms with E-state index in [2.05, 4.69) is 52.8 Å². The first kappa shape index (κ1) is 67.7. The fraction of sp³-hybridized carbons (Fsp3) is 0.537. The number of aromatic amines is 1. The molecule has 0 aliphatic rings. The minimum Gasteiger partial charge on any atom is -0.481 e. The number of aliphatic hydroxyl groups excluding tert-OH is 2. The number of aromatic nitrogens is 1. The summed E-state index contributed by atoms with van der Waals surface area (Å²) in [6, 6.07) is 2.60. The van der Waals surface area contributed by atoms with Gasteiger partial charge in [-0.05, 0) is 81.1 Å². The van der Waals surface area contributed by atoms with Crippen LogP contribution in [-0.2, 0) is 65.6 Å². The van der Waals surface area contributed by atoms with Crippen LogP contribution in [0.25, 0.3) is 10.9 Å². The van der Waals surface area contributed by atoms with Gasteiger partial charge in [0.05, 0.1) is 18.8 Å². The van der Waals surface area contributed by atoms with E-state index < -0.39 is 157 Å². The lowest BCUT2D eigenvalue weighted by molar-refractivity contribution is -0.141. The molecule has 0 spiro atoms. The molecule has 9 amide bonds. The van der Waals surface area contributed by atoms with Gasteiger partial charge in [-0.3, -0.25) is 52.7 Å². The number of amides is 9. The van der Waals surface area contributed by atoms with Gasteiger partial charge < -0.3 is 79.0 Å². The van der Waals surface area contributed by atoms with Crippen molar-refractivity contribution in [2.45, 2.75) is 154 Å². The van der Waals surface area contributed by atoms with Gasteiger partial charge in [-0.2, -0.15) is 11.8 Å². The molecule has 0 bridgehead atoms. The highest BCUT2D eigenvalue weighted by Gasteiger charge is 2.37. The van der Waals surface area contributed by atoms with Crippen molar-refractivity contribution >= 4 is 87.8 Å². The molecule has 0 saturated heterocycles. The molecule has 0 fully saturated rings. The molecule has 0 aliphatic heterocycles. The summed E-state index contributed by atoms with van der Waals surface area (Å²) in [5.74, 6) is -11.4. The number of nitrogens with one attached hydrogen (secondary N) is 10. The Bertz CT molecular complexity index is 2650. The summed E-state index contributed by atoms with van der Waals surface area (Å²) >= 11 is 1.31. The van der Waals surface area contributed by atoms with Crippen molar-refractivity contribution in [2.24, 2.45) is 17.6 Å². The third kappa shape index (κ3) is 22.4. The number of benzene rings is 2. The number of fused-ring (bicyclic) bond motifs is 1.